The van der Waals surface area contributed by atoms with Crippen LogP contribution in [0.15, 0.2) is 22.6 Å². The molecule has 0 saturated carbocycles. The maximum absolute atomic E-state index is 13.1. The van der Waals surface area contributed by atoms with E-state index in [-0.39, 0.29) is 11.7 Å². The minimum Gasteiger partial charge on any atom is -0.439 e. The molecule has 0 N–H and O–H groups in total. The molecule has 2 heterocycles. The van der Waals surface area contributed by atoms with E-state index in [9.17, 15) is 9.18 Å². The number of amides is 1. The maximum Gasteiger partial charge on any atom is 0.219 e. The van der Waals surface area contributed by atoms with Gasteiger partial charge in [0.25, 0.3) is 0 Å². The van der Waals surface area contributed by atoms with Gasteiger partial charge in [-0.15, -0.1) is 0 Å². The summed E-state index contributed by atoms with van der Waals surface area (Å²) in [4.78, 5) is 19.6. The fourth-order valence-corrected chi connectivity index (χ4v) is 2.43. The molecular weight excluding hydrogens is 261 g/mol. The summed E-state index contributed by atoms with van der Waals surface area (Å²) in [5, 5.41) is 0. The van der Waals surface area contributed by atoms with E-state index in [1.54, 1.807) is 13.0 Å². The second kappa shape index (κ2) is 5.20. The number of halogens is 1. The Balaban J connectivity index is 1.66. The van der Waals surface area contributed by atoms with Crippen LogP contribution < -0.4 is 0 Å². The fourth-order valence-electron chi connectivity index (χ4n) is 2.43. The zero-order valence-corrected chi connectivity index (χ0v) is 11.3. The number of carbonyl (C=O) groups is 1. The summed E-state index contributed by atoms with van der Waals surface area (Å²) >= 11 is 0. The summed E-state index contributed by atoms with van der Waals surface area (Å²) in [6.07, 6.45) is 0. The Hall–Kier alpha value is -1.95. The summed E-state index contributed by atoms with van der Waals surface area (Å²) in [5.41, 5.74) is 1.14. The molecule has 1 aromatic carbocycles. The zero-order chi connectivity index (χ0) is 14.1. The molecule has 0 spiro atoms. The van der Waals surface area contributed by atoms with E-state index in [2.05, 4.69) is 9.88 Å². The van der Waals surface area contributed by atoms with Crippen LogP contribution in [-0.4, -0.2) is 46.9 Å². The van der Waals surface area contributed by atoms with Crippen molar-refractivity contribution in [2.75, 3.05) is 26.2 Å². The minimum atomic E-state index is -0.313. The van der Waals surface area contributed by atoms with Gasteiger partial charge in [0.15, 0.2) is 5.58 Å². The third-order valence-corrected chi connectivity index (χ3v) is 3.57. The van der Waals surface area contributed by atoms with E-state index in [0.717, 1.165) is 26.2 Å². The number of oxazole rings is 1. The Labute approximate surface area is 116 Å². The molecule has 1 aliphatic rings. The third-order valence-electron chi connectivity index (χ3n) is 3.57. The number of benzene rings is 1. The quantitative estimate of drug-likeness (QED) is 0.837. The minimum absolute atomic E-state index is 0.113. The van der Waals surface area contributed by atoms with Crippen molar-refractivity contribution in [3.8, 4) is 0 Å². The van der Waals surface area contributed by atoms with Gasteiger partial charge < -0.3 is 9.32 Å². The normalized spacial score (nSPS) is 16.8. The third kappa shape index (κ3) is 2.65. The molecule has 5 nitrogen and oxygen atoms in total. The number of piperazine rings is 1. The Morgan fingerprint density at radius 3 is 2.80 bits per heavy atom. The van der Waals surface area contributed by atoms with Crippen LogP contribution in [0.25, 0.3) is 11.1 Å². The predicted octanol–water partition coefficient (Wildman–Crippen LogP) is 1.63. The lowest BCUT2D eigenvalue weighted by atomic mass is 10.3. The van der Waals surface area contributed by atoms with E-state index in [1.165, 1.54) is 12.1 Å². The molecule has 1 fully saturated rings. The van der Waals surface area contributed by atoms with Gasteiger partial charge in [0.05, 0.1) is 6.54 Å². The average Bonchev–Trinajstić information content (AvgIpc) is 2.80. The smallest absolute Gasteiger partial charge is 0.219 e. The van der Waals surface area contributed by atoms with Gasteiger partial charge in [0.2, 0.25) is 11.8 Å². The highest BCUT2D eigenvalue weighted by molar-refractivity contribution is 5.73. The monoisotopic (exact) mass is 277 g/mol. The van der Waals surface area contributed by atoms with Crippen LogP contribution >= 0.6 is 0 Å². The molecule has 2 aromatic rings. The molecule has 1 aliphatic heterocycles. The summed E-state index contributed by atoms with van der Waals surface area (Å²) in [6.45, 7) is 5.22. The standard InChI is InChI=1S/C14H16FN3O2/c1-10(19)18-6-4-17(5-7-18)9-14-16-12-8-11(15)2-3-13(12)20-14/h2-3,8H,4-7,9H2,1H3. The number of aromatic nitrogens is 1. The molecule has 0 unspecified atom stereocenters. The van der Waals surface area contributed by atoms with Crippen molar-refractivity contribution >= 4 is 17.0 Å². The fraction of sp³-hybridized carbons (Fsp3) is 0.429. The second-order valence-corrected chi connectivity index (χ2v) is 5.00. The van der Waals surface area contributed by atoms with Crippen molar-refractivity contribution in [2.24, 2.45) is 0 Å². The molecule has 106 valence electrons. The van der Waals surface area contributed by atoms with Crippen molar-refractivity contribution in [2.45, 2.75) is 13.5 Å². The van der Waals surface area contributed by atoms with Crippen molar-refractivity contribution < 1.29 is 13.6 Å². The van der Waals surface area contributed by atoms with E-state index >= 15 is 0 Å². The van der Waals surface area contributed by atoms with Crippen molar-refractivity contribution in [1.29, 1.82) is 0 Å². The molecule has 1 aromatic heterocycles. The highest BCUT2D eigenvalue weighted by Gasteiger charge is 2.20. The summed E-state index contributed by atoms with van der Waals surface area (Å²) in [5.74, 6) is 0.385. The highest BCUT2D eigenvalue weighted by atomic mass is 19.1. The molecule has 1 amide bonds. The topological polar surface area (TPSA) is 49.6 Å². The highest BCUT2D eigenvalue weighted by Crippen LogP contribution is 2.18. The Morgan fingerprint density at radius 2 is 2.10 bits per heavy atom. The maximum atomic E-state index is 13.1. The summed E-state index contributed by atoms with van der Waals surface area (Å²) in [7, 11) is 0. The molecule has 3 rings (SSSR count). The summed E-state index contributed by atoms with van der Waals surface area (Å²) < 4.78 is 18.7. The SMILES string of the molecule is CC(=O)N1CCN(Cc2nc3cc(F)ccc3o2)CC1. The lowest BCUT2D eigenvalue weighted by Gasteiger charge is -2.33. The van der Waals surface area contributed by atoms with Gasteiger partial charge in [-0.3, -0.25) is 9.69 Å². The first kappa shape index (κ1) is 13.1. The molecule has 0 bridgehead atoms. The molecule has 0 radical (unpaired) electrons. The molecule has 0 aliphatic carbocycles. The van der Waals surface area contributed by atoms with Gasteiger partial charge in [0.1, 0.15) is 11.3 Å². The van der Waals surface area contributed by atoms with Crippen molar-refractivity contribution in [3.63, 3.8) is 0 Å². The van der Waals surface area contributed by atoms with E-state index in [1.807, 2.05) is 4.90 Å². The largest absolute Gasteiger partial charge is 0.439 e. The van der Waals surface area contributed by atoms with E-state index in [4.69, 9.17) is 4.42 Å². The van der Waals surface area contributed by atoms with Gasteiger partial charge in [-0.2, -0.15) is 0 Å². The van der Waals surface area contributed by atoms with Gasteiger partial charge in [-0.1, -0.05) is 0 Å². The van der Waals surface area contributed by atoms with Crippen LogP contribution in [-0.2, 0) is 11.3 Å². The van der Waals surface area contributed by atoms with Crippen LogP contribution in [0.2, 0.25) is 0 Å². The molecule has 20 heavy (non-hydrogen) atoms. The van der Waals surface area contributed by atoms with Crippen LogP contribution in [0.5, 0.6) is 0 Å². The zero-order valence-electron chi connectivity index (χ0n) is 11.3. The van der Waals surface area contributed by atoms with Crippen LogP contribution in [0.1, 0.15) is 12.8 Å². The molecule has 1 saturated heterocycles. The lowest BCUT2D eigenvalue weighted by Crippen LogP contribution is -2.47. The number of hydrogen-bond donors (Lipinski definition) is 0. The number of nitrogens with zero attached hydrogens (tertiary/aromatic N) is 3. The van der Waals surface area contributed by atoms with Crippen LogP contribution in [0.3, 0.4) is 0 Å². The van der Waals surface area contributed by atoms with Gasteiger partial charge in [-0.05, 0) is 12.1 Å². The van der Waals surface area contributed by atoms with Crippen molar-refractivity contribution in [1.82, 2.24) is 14.8 Å². The lowest BCUT2D eigenvalue weighted by molar-refractivity contribution is -0.130. The number of hydrogen-bond acceptors (Lipinski definition) is 4. The first-order valence-corrected chi connectivity index (χ1v) is 6.64. The molecular formula is C14H16FN3O2. The Kier molecular flexibility index (Phi) is 3.40. The average molecular weight is 277 g/mol. The second-order valence-electron chi connectivity index (χ2n) is 5.00. The van der Waals surface area contributed by atoms with E-state index in [0.29, 0.717) is 23.5 Å². The number of carbonyl (C=O) groups excluding carboxylic acids is 1. The molecule has 0 atom stereocenters. The van der Waals surface area contributed by atoms with Gasteiger partial charge >= 0.3 is 0 Å². The number of rotatable bonds is 2. The van der Waals surface area contributed by atoms with Crippen LogP contribution in [0.4, 0.5) is 4.39 Å². The number of fused-ring (bicyclic) bond motifs is 1. The Morgan fingerprint density at radius 1 is 1.35 bits per heavy atom. The van der Waals surface area contributed by atoms with Crippen molar-refractivity contribution in [3.05, 3.63) is 29.9 Å². The Bertz CT molecular complexity index is 632. The van der Waals surface area contributed by atoms with Gasteiger partial charge in [0, 0.05) is 39.2 Å². The van der Waals surface area contributed by atoms with Crippen LogP contribution in [0, 0.1) is 5.82 Å². The molecule has 6 heteroatoms. The van der Waals surface area contributed by atoms with E-state index < -0.39 is 0 Å². The summed E-state index contributed by atoms with van der Waals surface area (Å²) in [6, 6.07) is 4.33. The first-order valence-electron chi connectivity index (χ1n) is 6.64. The van der Waals surface area contributed by atoms with Gasteiger partial charge in [-0.25, -0.2) is 9.37 Å². The first-order chi connectivity index (χ1) is 9.61. The predicted molar refractivity (Wildman–Crippen MR) is 71.5 cm³/mol.